The number of rotatable bonds is 0. The minimum Gasteiger partial charge on any atom is -0.280 e. The maximum absolute atomic E-state index is 13.4. The normalized spacial score (nSPS) is 49.7. The maximum Gasteiger partial charge on any atom is 0.513 e. The van der Waals surface area contributed by atoms with Crippen LogP contribution in [-0.4, -0.2) is 11.7 Å². The topological polar surface area (TPSA) is 35.5 Å². The Morgan fingerprint density at radius 3 is 2.67 bits per heavy atom. The molecule has 15 heavy (non-hydrogen) atoms. The fraction of sp³-hybridized carbons (Fsp3) is 1.00. The van der Waals surface area contributed by atoms with Gasteiger partial charge in [-0.3, -0.25) is 9.05 Å². The summed E-state index contributed by atoms with van der Waals surface area (Å²) in [6.07, 6.45) is 3.55. The molecule has 3 unspecified atom stereocenters. The fourth-order valence-corrected chi connectivity index (χ4v) is 4.15. The molecule has 0 radical (unpaired) electrons. The van der Waals surface area contributed by atoms with Crippen molar-refractivity contribution in [3.05, 3.63) is 0 Å². The van der Waals surface area contributed by atoms with Crippen LogP contribution in [-0.2, 0) is 13.6 Å². The lowest BCUT2D eigenvalue weighted by atomic mass is 9.64. The summed E-state index contributed by atoms with van der Waals surface area (Å²) < 4.78 is 34.7. The second-order valence-electron chi connectivity index (χ2n) is 5.29. The average Bonchev–Trinajstić information content (AvgIpc) is 2.04. The molecular weight excluding hydrogens is 218 g/mol. The van der Waals surface area contributed by atoms with Crippen LogP contribution in [0.1, 0.15) is 46.5 Å². The Morgan fingerprint density at radius 1 is 1.33 bits per heavy atom. The Morgan fingerprint density at radius 2 is 2.00 bits per heavy atom. The van der Waals surface area contributed by atoms with Crippen molar-refractivity contribution in [2.24, 2.45) is 5.41 Å². The van der Waals surface area contributed by atoms with Crippen molar-refractivity contribution in [1.29, 1.82) is 0 Å². The van der Waals surface area contributed by atoms with Crippen LogP contribution < -0.4 is 0 Å². The third-order valence-corrected chi connectivity index (χ3v) is 5.27. The molecule has 0 aromatic heterocycles. The first-order valence-corrected chi connectivity index (χ1v) is 6.89. The van der Waals surface area contributed by atoms with E-state index in [4.69, 9.17) is 9.05 Å². The van der Waals surface area contributed by atoms with Gasteiger partial charge in [0.05, 0.1) is 11.7 Å². The Hall–Kier alpha value is 0.0800. The lowest BCUT2D eigenvalue weighted by Gasteiger charge is -2.54. The van der Waals surface area contributed by atoms with E-state index in [9.17, 15) is 8.76 Å². The molecule has 1 aliphatic heterocycles. The largest absolute Gasteiger partial charge is 0.513 e. The first-order valence-electron chi connectivity index (χ1n) is 5.46. The van der Waals surface area contributed by atoms with Gasteiger partial charge in [0.15, 0.2) is 0 Å². The van der Waals surface area contributed by atoms with E-state index in [1.54, 1.807) is 13.8 Å². The third kappa shape index (κ3) is 1.77. The summed E-state index contributed by atoms with van der Waals surface area (Å²) in [5, 5.41) is 0. The molecule has 0 bridgehead atoms. The van der Waals surface area contributed by atoms with Gasteiger partial charge in [0.2, 0.25) is 0 Å². The Kier molecular flexibility index (Phi) is 2.53. The molecule has 88 valence electrons. The van der Waals surface area contributed by atoms with E-state index < -0.39 is 13.5 Å². The molecule has 2 fully saturated rings. The van der Waals surface area contributed by atoms with Crippen LogP contribution in [0.5, 0.6) is 0 Å². The number of hydrogen-bond donors (Lipinski definition) is 0. The van der Waals surface area contributed by atoms with Crippen molar-refractivity contribution in [2.75, 3.05) is 0 Å². The molecule has 0 aromatic rings. The second-order valence-corrected chi connectivity index (χ2v) is 6.54. The summed E-state index contributed by atoms with van der Waals surface area (Å²) >= 11 is 0. The number of halogens is 1. The molecule has 1 saturated carbocycles. The molecule has 0 spiro atoms. The van der Waals surface area contributed by atoms with Gasteiger partial charge in [-0.05, 0) is 26.7 Å². The fourth-order valence-electron chi connectivity index (χ4n) is 2.71. The number of fused-ring (bicyclic) bond motifs is 1. The Balaban J connectivity index is 2.35. The van der Waals surface area contributed by atoms with Gasteiger partial charge < -0.3 is 0 Å². The summed E-state index contributed by atoms with van der Waals surface area (Å²) in [5.74, 6) is 0. The monoisotopic (exact) mass is 236 g/mol. The van der Waals surface area contributed by atoms with Crippen molar-refractivity contribution < 1.29 is 17.8 Å². The first-order chi connectivity index (χ1) is 6.77. The van der Waals surface area contributed by atoms with E-state index in [0.717, 1.165) is 25.7 Å². The van der Waals surface area contributed by atoms with E-state index >= 15 is 0 Å². The van der Waals surface area contributed by atoms with Gasteiger partial charge in [-0.15, -0.1) is 4.20 Å². The van der Waals surface area contributed by atoms with Gasteiger partial charge >= 0.3 is 7.91 Å². The molecule has 3 atom stereocenters. The van der Waals surface area contributed by atoms with Crippen molar-refractivity contribution in [1.82, 2.24) is 0 Å². The summed E-state index contributed by atoms with van der Waals surface area (Å²) in [6, 6.07) is 0. The third-order valence-electron chi connectivity index (χ3n) is 4.09. The van der Waals surface area contributed by atoms with Gasteiger partial charge in [-0.25, -0.2) is 4.57 Å². The van der Waals surface area contributed by atoms with Crippen LogP contribution in [0.25, 0.3) is 0 Å². The average molecular weight is 236 g/mol. The molecule has 1 aliphatic carbocycles. The smallest absolute Gasteiger partial charge is 0.280 e. The molecule has 1 saturated heterocycles. The summed E-state index contributed by atoms with van der Waals surface area (Å²) in [7, 11) is -4.34. The maximum atomic E-state index is 13.4. The highest BCUT2D eigenvalue weighted by molar-refractivity contribution is 7.48. The van der Waals surface area contributed by atoms with E-state index in [1.165, 1.54) is 0 Å². The standard InChI is InChI=1S/C10H18FO3P/c1-9(2)10(3)7-5-4-6-8(10)13-15(11,12)14-9/h8H,4-7H2,1-3H3. The Labute approximate surface area is 90.0 Å². The predicted octanol–water partition coefficient (Wildman–Crippen LogP) is 3.84. The molecule has 0 amide bonds. The molecule has 5 heteroatoms. The van der Waals surface area contributed by atoms with Crippen LogP contribution in [0.4, 0.5) is 4.20 Å². The van der Waals surface area contributed by atoms with Crippen molar-refractivity contribution in [3.63, 3.8) is 0 Å². The number of hydrogen-bond acceptors (Lipinski definition) is 3. The van der Waals surface area contributed by atoms with Crippen LogP contribution in [0.2, 0.25) is 0 Å². The van der Waals surface area contributed by atoms with Crippen molar-refractivity contribution >= 4 is 7.91 Å². The molecule has 2 rings (SSSR count). The molecule has 0 N–H and O–H groups in total. The van der Waals surface area contributed by atoms with Gasteiger partial charge in [0, 0.05) is 5.41 Å². The summed E-state index contributed by atoms with van der Waals surface area (Å²) in [4.78, 5) is 0. The highest BCUT2D eigenvalue weighted by atomic mass is 31.2. The molecule has 2 aliphatic rings. The Bertz CT molecular complexity index is 318. The molecule has 3 nitrogen and oxygen atoms in total. The minimum atomic E-state index is -4.34. The highest BCUT2D eigenvalue weighted by Gasteiger charge is 2.58. The van der Waals surface area contributed by atoms with Crippen LogP contribution in [0.3, 0.4) is 0 Å². The minimum absolute atomic E-state index is 0.231. The highest BCUT2D eigenvalue weighted by Crippen LogP contribution is 2.66. The van der Waals surface area contributed by atoms with Crippen LogP contribution in [0.15, 0.2) is 0 Å². The van der Waals surface area contributed by atoms with Gasteiger partial charge in [0.25, 0.3) is 0 Å². The van der Waals surface area contributed by atoms with Crippen molar-refractivity contribution in [2.45, 2.75) is 58.2 Å². The quantitative estimate of drug-likeness (QED) is 0.599. The summed E-state index contributed by atoms with van der Waals surface area (Å²) in [5.41, 5.74) is -0.953. The lowest BCUT2D eigenvalue weighted by molar-refractivity contribution is -0.161. The van der Waals surface area contributed by atoms with Crippen LogP contribution >= 0.6 is 7.91 Å². The zero-order valence-corrected chi connectivity index (χ0v) is 10.4. The second kappa shape index (κ2) is 3.28. The van der Waals surface area contributed by atoms with Crippen molar-refractivity contribution in [3.8, 4) is 0 Å². The van der Waals surface area contributed by atoms with Gasteiger partial charge in [-0.1, -0.05) is 19.8 Å². The van der Waals surface area contributed by atoms with E-state index in [2.05, 4.69) is 0 Å². The zero-order chi connectivity index (χ0) is 11.3. The van der Waals surface area contributed by atoms with Gasteiger partial charge in [-0.2, -0.15) is 0 Å². The lowest BCUT2D eigenvalue weighted by Crippen LogP contribution is -2.55. The molecule has 1 heterocycles. The first kappa shape index (κ1) is 11.6. The van der Waals surface area contributed by atoms with Crippen LogP contribution in [0, 0.1) is 5.41 Å². The van der Waals surface area contributed by atoms with Gasteiger partial charge in [0.1, 0.15) is 0 Å². The summed E-state index contributed by atoms with van der Waals surface area (Å²) in [6.45, 7) is 5.65. The molecular formula is C10H18FO3P. The van der Waals surface area contributed by atoms with E-state index in [0.29, 0.717) is 0 Å². The van der Waals surface area contributed by atoms with E-state index in [1.807, 2.05) is 6.92 Å². The molecule has 0 aromatic carbocycles. The van der Waals surface area contributed by atoms with E-state index in [-0.39, 0.29) is 11.5 Å². The SMILES string of the molecule is CC1(C)OP(=O)(F)OC2CCCCC21C. The predicted molar refractivity (Wildman–Crippen MR) is 55.3 cm³/mol. The zero-order valence-electron chi connectivity index (χ0n) is 9.46.